The Hall–Kier alpha value is -2.65. The summed E-state index contributed by atoms with van der Waals surface area (Å²) in [6.07, 6.45) is 12.9. The molecule has 0 aromatic carbocycles. The Morgan fingerprint density at radius 2 is 1.40 bits per heavy atom. The molecule has 10 heteroatoms. The van der Waals surface area contributed by atoms with Crippen LogP contribution in [0.25, 0.3) is 0 Å². The van der Waals surface area contributed by atoms with E-state index in [-0.39, 0.29) is 34.7 Å². The van der Waals surface area contributed by atoms with Crippen LogP contribution in [0.1, 0.15) is 125 Å². The minimum absolute atomic E-state index is 0.0680. The second-order valence-electron chi connectivity index (χ2n) is 15.3. The average Bonchev–Trinajstić information content (AvgIpc) is 3.25. The molecule has 5 amide bonds. The van der Waals surface area contributed by atoms with Crippen molar-refractivity contribution < 1.29 is 24.0 Å². The number of piperidine rings is 1. The number of amides is 5. The van der Waals surface area contributed by atoms with Crippen molar-refractivity contribution in [1.29, 1.82) is 0 Å². The lowest BCUT2D eigenvalue weighted by molar-refractivity contribution is -0.145. The number of ketones is 1. The van der Waals surface area contributed by atoms with E-state index in [0.29, 0.717) is 19.4 Å². The molecule has 4 aliphatic rings. The van der Waals surface area contributed by atoms with Crippen molar-refractivity contribution >= 4 is 29.5 Å². The number of hydrogen-bond acceptors (Lipinski definition) is 5. The molecule has 2 saturated carbocycles. The first-order valence-corrected chi connectivity index (χ1v) is 16.7. The van der Waals surface area contributed by atoms with Gasteiger partial charge in [-0.2, -0.15) is 0 Å². The van der Waals surface area contributed by atoms with Gasteiger partial charge in [-0.25, -0.2) is 4.79 Å². The summed E-state index contributed by atoms with van der Waals surface area (Å²) >= 11 is 0. The first-order chi connectivity index (χ1) is 20.2. The first kappa shape index (κ1) is 33.2. The summed E-state index contributed by atoms with van der Waals surface area (Å²) < 4.78 is 0. The fourth-order valence-electron chi connectivity index (χ4n) is 8.12. The van der Waals surface area contributed by atoms with Crippen LogP contribution in [-0.2, 0) is 19.2 Å². The molecule has 2 saturated heterocycles. The van der Waals surface area contributed by atoms with E-state index in [4.69, 9.17) is 5.73 Å². The Kier molecular flexibility index (Phi) is 10.2. The van der Waals surface area contributed by atoms with E-state index in [1.165, 1.54) is 0 Å². The van der Waals surface area contributed by atoms with E-state index < -0.39 is 41.1 Å². The lowest BCUT2D eigenvalue weighted by Gasteiger charge is -2.41. The Morgan fingerprint density at radius 1 is 0.837 bits per heavy atom. The van der Waals surface area contributed by atoms with Crippen LogP contribution in [0.3, 0.4) is 0 Å². The highest BCUT2D eigenvalue weighted by molar-refractivity contribution is 6.37. The van der Waals surface area contributed by atoms with Crippen molar-refractivity contribution in [3.8, 4) is 0 Å². The highest BCUT2D eigenvalue weighted by atomic mass is 16.2. The molecule has 0 aromatic heterocycles. The topological polar surface area (TPSA) is 151 Å². The molecule has 2 aliphatic carbocycles. The van der Waals surface area contributed by atoms with Crippen molar-refractivity contribution in [3.63, 3.8) is 0 Å². The molecule has 0 aromatic rings. The summed E-state index contributed by atoms with van der Waals surface area (Å²) in [6.45, 7) is 10.7. The minimum atomic E-state index is -1.07. The summed E-state index contributed by atoms with van der Waals surface area (Å²) in [5.74, 6) is -2.49. The molecular formula is C33H55N5O5. The number of nitrogens with two attached hydrogens (primary N) is 1. The van der Waals surface area contributed by atoms with Gasteiger partial charge in [0, 0.05) is 12.1 Å². The van der Waals surface area contributed by atoms with Gasteiger partial charge < -0.3 is 26.6 Å². The average molecular weight is 602 g/mol. The van der Waals surface area contributed by atoms with Crippen LogP contribution in [0.15, 0.2) is 0 Å². The summed E-state index contributed by atoms with van der Waals surface area (Å²) in [5, 5.41) is 9.08. The van der Waals surface area contributed by atoms with Gasteiger partial charge in [0.2, 0.25) is 17.6 Å². The van der Waals surface area contributed by atoms with Gasteiger partial charge in [0.15, 0.2) is 0 Å². The number of rotatable bonds is 4. The zero-order valence-corrected chi connectivity index (χ0v) is 27.1. The number of hydrogen-bond donors (Lipinski definition) is 4. The molecule has 0 bridgehead atoms. The Bertz CT molecular complexity index is 1080. The fourth-order valence-corrected chi connectivity index (χ4v) is 8.12. The van der Waals surface area contributed by atoms with E-state index in [2.05, 4.69) is 36.7 Å². The molecule has 0 spiro atoms. The van der Waals surface area contributed by atoms with Gasteiger partial charge in [-0.1, -0.05) is 91.9 Å². The van der Waals surface area contributed by atoms with Crippen LogP contribution in [0.4, 0.5) is 4.79 Å². The van der Waals surface area contributed by atoms with Gasteiger partial charge in [-0.3, -0.25) is 19.2 Å². The number of Topliss-reactive ketones (excluding diaryl/α,β-unsaturated/α-hetero) is 1. The fraction of sp³-hybridized carbons (Fsp3) is 0.848. The number of carbonyl (C=O) groups is 5. The molecule has 10 nitrogen and oxygen atoms in total. The zero-order valence-electron chi connectivity index (χ0n) is 27.1. The van der Waals surface area contributed by atoms with Crippen LogP contribution in [-0.4, -0.2) is 64.6 Å². The molecule has 43 heavy (non-hydrogen) atoms. The SMILES string of the molecule is CC1(NC(=O)NC2C(=O)N3CC4C([C@H]3C(=O)N[C@H](C(=O)C(N)=O)CCCCCCCCCC2(C)C)C4(C)C)CCCCC1. The van der Waals surface area contributed by atoms with Crippen LogP contribution in [0, 0.1) is 22.7 Å². The van der Waals surface area contributed by atoms with Crippen LogP contribution in [0.5, 0.6) is 0 Å². The maximum absolute atomic E-state index is 14.5. The second-order valence-corrected chi connectivity index (χ2v) is 15.3. The largest absolute Gasteiger partial charge is 0.363 e. The summed E-state index contributed by atoms with van der Waals surface area (Å²) in [5.41, 5.74) is 4.36. The van der Waals surface area contributed by atoms with Crippen molar-refractivity contribution in [1.82, 2.24) is 20.9 Å². The number of fused-ring (bicyclic) bond motifs is 3. The minimum Gasteiger partial charge on any atom is -0.363 e. The highest BCUT2D eigenvalue weighted by Gasteiger charge is 2.70. The first-order valence-electron chi connectivity index (χ1n) is 16.7. The number of carbonyl (C=O) groups excluding carboxylic acids is 5. The predicted octanol–water partition coefficient (Wildman–Crippen LogP) is 3.95. The van der Waals surface area contributed by atoms with E-state index in [1.807, 2.05) is 13.8 Å². The predicted molar refractivity (Wildman–Crippen MR) is 165 cm³/mol. The lowest BCUT2D eigenvalue weighted by atomic mass is 9.78. The van der Waals surface area contributed by atoms with Gasteiger partial charge in [-0.15, -0.1) is 0 Å². The third kappa shape index (κ3) is 7.54. The second kappa shape index (κ2) is 13.1. The smallest absolute Gasteiger partial charge is 0.315 e. The van der Waals surface area contributed by atoms with Gasteiger partial charge in [0.1, 0.15) is 12.1 Å². The monoisotopic (exact) mass is 601 g/mol. The van der Waals surface area contributed by atoms with Crippen LogP contribution < -0.4 is 21.7 Å². The summed E-state index contributed by atoms with van der Waals surface area (Å²) in [4.78, 5) is 68.1. The third-order valence-corrected chi connectivity index (χ3v) is 11.1. The van der Waals surface area contributed by atoms with E-state index in [1.54, 1.807) is 4.90 Å². The van der Waals surface area contributed by atoms with Gasteiger partial charge in [-0.05, 0) is 55.3 Å². The van der Waals surface area contributed by atoms with E-state index >= 15 is 0 Å². The van der Waals surface area contributed by atoms with E-state index in [9.17, 15) is 24.0 Å². The normalized spacial score (nSPS) is 32.8. The summed E-state index contributed by atoms with van der Waals surface area (Å²) in [6, 6.07) is -2.97. The van der Waals surface area contributed by atoms with Gasteiger partial charge in [0.05, 0.1) is 6.04 Å². The Labute approximate surface area is 257 Å². The van der Waals surface area contributed by atoms with Crippen molar-refractivity contribution in [3.05, 3.63) is 0 Å². The Balaban J connectivity index is 1.62. The van der Waals surface area contributed by atoms with Crippen LogP contribution in [0.2, 0.25) is 0 Å². The molecule has 5 N–H and O–H groups in total. The van der Waals surface area contributed by atoms with Crippen molar-refractivity contribution in [2.75, 3.05) is 6.54 Å². The number of urea groups is 1. The van der Waals surface area contributed by atoms with Crippen molar-refractivity contribution in [2.45, 2.75) is 148 Å². The molecule has 4 fully saturated rings. The lowest BCUT2D eigenvalue weighted by Crippen LogP contribution is -2.63. The molecular weight excluding hydrogens is 546 g/mol. The molecule has 242 valence electrons. The van der Waals surface area contributed by atoms with Gasteiger partial charge in [0.25, 0.3) is 5.91 Å². The summed E-state index contributed by atoms with van der Waals surface area (Å²) in [7, 11) is 0. The molecule has 5 atom stereocenters. The number of nitrogens with one attached hydrogen (secondary N) is 3. The zero-order chi connectivity index (χ0) is 31.6. The molecule has 4 rings (SSSR count). The van der Waals surface area contributed by atoms with E-state index in [0.717, 1.165) is 77.0 Å². The standard InChI is InChI=1S/C33H55N5O5/c1-31(2)17-13-10-8-6-7-9-12-16-22(25(39)27(34)40)35-28(41)24-23-21(32(23,3)4)20-38(24)29(42)26(31)36-30(43)37-33(5)18-14-11-15-19-33/h21-24,26H,6-20H2,1-5H3,(H2,34,40)(H,35,41)(H2,36,37,43)/t21?,22-,23?,24-,26?/m0/s1. The maximum Gasteiger partial charge on any atom is 0.315 e. The molecule has 0 radical (unpaired) electrons. The highest BCUT2D eigenvalue weighted by Crippen LogP contribution is 2.65. The Morgan fingerprint density at radius 3 is 2.02 bits per heavy atom. The molecule has 3 unspecified atom stereocenters. The van der Waals surface area contributed by atoms with Gasteiger partial charge >= 0.3 is 6.03 Å². The molecule has 2 aliphatic heterocycles. The number of nitrogens with zero attached hydrogens (tertiary/aromatic N) is 1. The van der Waals surface area contributed by atoms with Crippen LogP contribution >= 0.6 is 0 Å². The number of primary amides is 1. The van der Waals surface area contributed by atoms with Crippen molar-refractivity contribution in [2.24, 2.45) is 28.4 Å². The maximum atomic E-state index is 14.5. The quantitative estimate of drug-likeness (QED) is 0.360. The molecule has 2 heterocycles. The third-order valence-electron chi connectivity index (χ3n) is 11.1.